The summed E-state index contributed by atoms with van der Waals surface area (Å²) >= 11 is 12.4. The van der Waals surface area contributed by atoms with E-state index in [0.29, 0.717) is 28.3 Å². The second-order valence-electron chi connectivity index (χ2n) is 7.82. The molecule has 1 N–H and O–H groups in total. The number of ether oxygens (including phenoxy) is 1. The highest BCUT2D eigenvalue weighted by Crippen LogP contribution is 2.37. The molecule has 0 spiro atoms. The van der Waals surface area contributed by atoms with Crippen molar-refractivity contribution in [2.24, 2.45) is 5.92 Å². The van der Waals surface area contributed by atoms with Crippen LogP contribution in [0, 0.1) is 11.7 Å². The molecule has 5 nitrogen and oxygen atoms in total. The van der Waals surface area contributed by atoms with Crippen LogP contribution in [-0.4, -0.2) is 43.6 Å². The van der Waals surface area contributed by atoms with Gasteiger partial charge in [0.2, 0.25) is 10.0 Å². The Morgan fingerprint density at radius 3 is 2.45 bits per heavy atom. The minimum atomic E-state index is -3.99. The maximum absolute atomic E-state index is 13.7. The van der Waals surface area contributed by atoms with Gasteiger partial charge in [0.1, 0.15) is 18.2 Å². The molecule has 0 saturated heterocycles. The number of hydrogen-bond donors (Lipinski definition) is 1. The molecule has 0 radical (unpaired) electrons. The Hall–Kier alpha value is -1.64. The summed E-state index contributed by atoms with van der Waals surface area (Å²) in [5, 5.41) is 10.7. The lowest BCUT2D eigenvalue weighted by Crippen LogP contribution is -2.45. The molecular weight excluding hydrogens is 464 g/mol. The molecular formula is C22H24Cl2FNO4S. The number of sulfonamides is 1. The third-order valence-corrected chi connectivity index (χ3v) is 7.65. The van der Waals surface area contributed by atoms with Gasteiger partial charge in [0.15, 0.2) is 0 Å². The molecule has 9 heteroatoms. The smallest absolute Gasteiger partial charge is 0.243 e. The quantitative estimate of drug-likeness (QED) is 0.573. The van der Waals surface area contributed by atoms with E-state index >= 15 is 0 Å². The fraction of sp³-hybridized carbons (Fsp3) is 0.364. The SMILES string of the molecule is CC(C)CC(CO)N(CC1=C(Cl)c2cc(F)ccc2OC1)S(=O)(=O)c1ccc(Cl)cc1. The van der Waals surface area contributed by atoms with Crippen LogP contribution in [0.25, 0.3) is 5.03 Å². The lowest BCUT2D eigenvalue weighted by atomic mass is 10.0. The van der Waals surface area contributed by atoms with Crippen LogP contribution in [0.1, 0.15) is 25.8 Å². The minimum absolute atomic E-state index is 0.0546. The molecule has 0 fully saturated rings. The van der Waals surface area contributed by atoms with E-state index in [1.165, 1.54) is 46.8 Å². The maximum Gasteiger partial charge on any atom is 0.243 e. The van der Waals surface area contributed by atoms with E-state index in [1.54, 1.807) is 0 Å². The average Bonchev–Trinajstić information content (AvgIpc) is 2.72. The van der Waals surface area contributed by atoms with Crippen molar-refractivity contribution in [3.63, 3.8) is 0 Å². The standard InChI is InChI=1S/C22H24Cl2FNO4S/c1-14(2)9-18(12-27)26(31(28,29)19-6-3-16(23)4-7-19)11-15-13-30-21-8-5-17(25)10-20(21)22(15)24/h3-8,10,14,18,27H,9,11-13H2,1-2H3. The molecule has 31 heavy (non-hydrogen) atoms. The summed E-state index contributed by atoms with van der Waals surface area (Å²) in [6, 6.07) is 9.19. The first-order valence-corrected chi connectivity index (χ1v) is 12.0. The number of rotatable bonds is 8. The van der Waals surface area contributed by atoms with Crippen molar-refractivity contribution in [3.8, 4) is 5.75 Å². The topological polar surface area (TPSA) is 66.8 Å². The number of nitrogens with zero attached hydrogens (tertiary/aromatic N) is 1. The molecule has 1 unspecified atom stereocenters. The monoisotopic (exact) mass is 487 g/mol. The van der Waals surface area contributed by atoms with Crippen molar-refractivity contribution >= 4 is 38.3 Å². The van der Waals surface area contributed by atoms with Crippen LogP contribution in [0.2, 0.25) is 5.02 Å². The van der Waals surface area contributed by atoms with E-state index in [-0.39, 0.29) is 35.6 Å². The number of hydrogen-bond acceptors (Lipinski definition) is 4. The normalized spacial score (nSPS) is 15.2. The van der Waals surface area contributed by atoms with Gasteiger partial charge in [-0.05, 0) is 54.8 Å². The van der Waals surface area contributed by atoms with Gasteiger partial charge in [0, 0.05) is 28.7 Å². The molecule has 1 aliphatic rings. The first-order chi connectivity index (χ1) is 14.6. The molecule has 1 heterocycles. The number of aliphatic hydroxyl groups excluding tert-OH is 1. The molecule has 0 aliphatic carbocycles. The summed E-state index contributed by atoms with van der Waals surface area (Å²) in [6.45, 7) is 3.50. The molecule has 1 aliphatic heterocycles. The van der Waals surface area contributed by atoms with Gasteiger partial charge < -0.3 is 9.84 Å². The Kier molecular flexibility index (Phi) is 7.65. The van der Waals surface area contributed by atoms with Gasteiger partial charge in [-0.2, -0.15) is 4.31 Å². The fourth-order valence-electron chi connectivity index (χ4n) is 3.50. The first kappa shape index (κ1) is 24.0. The van der Waals surface area contributed by atoms with Gasteiger partial charge >= 0.3 is 0 Å². The number of fused-ring (bicyclic) bond motifs is 1. The van der Waals surface area contributed by atoms with Gasteiger partial charge in [-0.3, -0.25) is 0 Å². The average molecular weight is 488 g/mol. The molecule has 168 valence electrons. The Bertz CT molecular complexity index is 1070. The summed E-state index contributed by atoms with van der Waals surface area (Å²) in [5.41, 5.74) is 0.857. The Morgan fingerprint density at radius 2 is 1.84 bits per heavy atom. The van der Waals surface area contributed by atoms with E-state index in [9.17, 15) is 17.9 Å². The molecule has 2 aromatic carbocycles. The Labute approximate surface area is 192 Å². The highest BCUT2D eigenvalue weighted by Gasteiger charge is 2.34. The third-order valence-electron chi connectivity index (χ3n) is 5.02. The second kappa shape index (κ2) is 9.88. The molecule has 1 atom stereocenters. The number of aliphatic hydroxyl groups is 1. The molecule has 0 bridgehead atoms. The van der Waals surface area contributed by atoms with Crippen molar-refractivity contribution in [2.45, 2.75) is 31.2 Å². The lowest BCUT2D eigenvalue weighted by Gasteiger charge is -2.33. The highest BCUT2D eigenvalue weighted by atomic mass is 35.5. The fourth-order valence-corrected chi connectivity index (χ4v) is 5.51. The number of halogens is 3. The maximum atomic E-state index is 13.7. The van der Waals surface area contributed by atoms with Gasteiger partial charge in [0.05, 0.1) is 16.5 Å². The summed E-state index contributed by atoms with van der Waals surface area (Å²) in [6.07, 6.45) is 0.445. The zero-order chi connectivity index (χ0) is 22.8. The van der Waals surface area contributed by atoms with Crippen molar-refractivity contribution in [2.75, 3.05) is 19.8 Å². The first-order valence-electron chi connectivity index (χ1n) is 9.82. The van der Waals surface area contributed by atoms with Gasteiger partial charge in [0.25, 0.3) is 0 Å². The molecule has 2 aromatic rings. The predicted octanol–water partition coefficient (Wildman–Crippen LogP) is 4.92. The van der Waals surface area contributed by atoms with E-state index in [4.69, 9.17) is 27.9 Å². The summed E-state index contributed by atoms with van der Waals surface area (Å²) < 4.78 is 47.7. The van der Waals surface area contributed by atoms with E-state index in [0.717, 1.165) is 0 Å². The van der Waals surface area contributed by atoms with Crippen LogP contribution in [-0.2, 0) is 10.0 Å². The van der Waals surface area contributed by atoms with Gasteiger partial charge in [-0.1, -0.05) is 37.0 Å². The molecule has 3 rings (SSSR count). The van der Waals surface area contributed by atoms with Gasteiger partial charge in [-0.25, -0.2) is 12.8 Å². The second-order valence-corrected chi connectivity index (χ2v) is 10.5. The van der Waals surface area contributed by atoms with E-state index in [1.807, 2.05) is 13.8 Å². The molecule has 0 saturated carbocycles. The van der Waals surface area contributed by atoms with Gasteiger partial charge in [-0.15, -0.1) is 0 Å². The van der Waals surface area contributed by atoms with Crippen LogP contribution in [0.5, 0.6) is 5.75 Å². The van der Waals surface area contributed by atoms with Crippen LogP contribution >= 0.6 is 23.2 Å². The summed E-state index contributed by atoms with van der Waals surface area (Å²) in [5.74, 6) is 0.102. The minimum Gasteiger partial charge on any atom is -0.488 e. The zero-order valence-electron chi connectivity index (χ0n) is 17.2. The zero-order valence-corrected chi connectivity index (χ0v) is 19.5. The van der Waals surface area contributed by atoms with E-state index < -0.39 is 21.9 Å². The van der Waals surface area contributed by atoms with Crippen molar-refractivity contribution in [1.29, 1.82) is 0 Å². The van der Waals surface area contributed by atoms with Crippen molar-refractivity contribution in [3.05, 3.63) is 64.4 Å². The Morgan fingerprint density at radius 1 is 1.16 bits per heavy atom. The number of benzene rings is 2. The molecule has 0 aromatic heterocycles. The van der Waals surface area contributed by atoms with Crippen LogP contribution in [0.15, 0.2) is 52.9 Å². The summed E-state index contributed by atoms with van der Waals surface area (Å²) in [7, 11) is -3.99. The third kappa shape index (κ3) is 5.41. The van der Waals surface area contributed by atoms with E-state index in [2.05, 4.69) is 0 Å². The van der Waals surface area contributed by atoms with Crippen LogP contribution in [0.3, 0.4) is 0 Å². The van der Waals surface area contributed by atoms with Crippen LogP contribution < -0.4 is 4.74 Å². The van der Waals surface area contributed by atoms with Crippen molar-refractivity contribution in [1.82, 2.24) is 4.31 Å². The summed E-state index contributed by atoms with van der Waals surface area (Å²) in [4.78, 5) is 0.0546. The lowest BCUT2D eigenvalue weighted by molar-refractivity contribution is 0.171. The highest BCUT2D eigenvalue weighted by molar-refractivity contribution is 7.89. The largest absolute Gasteiger partial charge is 0.488 e. The van der Waals surface area contributed by atoms with Crippen molar-refractivity contribution < 1.29 is 22.7 Å². The predicted molar refractivity (Wildman–Crippen MR) is 120 cm³/mol. The van der Waals surface area contributed by atoms with Crippen LogP contribution in [0.4, 0.5) is 4.39 Å². The molecule has 0 amide bonds. The Balaban J connectivity index is 2.05.